The third-order valence-electron chi connectivity index (χ3n) is 3.16. The largest absolute Gasteiger partial charge is 0.391 e. The molecule has 0 aromatic heterocycles. The first-order valence-electron chi connectivity index (χ1n) is 6.43. The fraction of sp³-hybridized carbons (Fsp3) is 0.500. The van der Waals surface area contributed by atoms with Crippen LogP contribution in [0.3, 0.4) is 0 Å². The summed E-state index contributed by atoms with van der Waals surface area (Å²) in [5.41, 5.74) is 1.01. The van der Waals surface area contributed by atoms with Gasteiger partial charge in [0.25, 0.3) is 0 Å². The van der Waals surface area contributed by atoms with Gasteiger partial charge in [0.2, 0.25) is 5.91 Å². The number of aliphatic hydroxyl groups is 1. The summed E-state index contributed by atoms with van der Waals surface area (Å²) in [6.45, 7) is 1.20. The van der Waals surface area contributed by atoms with E-state index in [1.54, 1.807) is 17.0 Å². The van der Waals surface area contributed by atoms with Crippen molar-refractivity contribution in [3.8, 4) is 0 Å². The first kappa shape index (κ1) is 14.3. The third kappa shape index (κ3) is 4.51. The van der Waals surface area contributed by atoms with Crippen LogP contribution in [0.2, 0.25) is 0 Å². The lowest BCUT2D eigenvalue weighted by molar-refractivity contribution is -0.131. The molecule has 1 aromatic carbocycles. The second kappa shape index (κ2) is 6.91. The quantitative estimate of drug-likeness (QED) is 0.919. The summed E-state index contributed by atoms with van der Waals surface area (Å²) in [6, 6.07) is 6.33. The van der Waals surface area contributed by atoms with Crippen LogP contribution in [0, 0.1) is 5.82 Å². The van der Waals surface area contributed by atoms with Crippen molar-refractivity contribution in [1.82, 2.24) is 4.90 Å². The Bertz CT molecular complexity index is 424. The second-order valence-corrected chi connectivity index (χ2v) is 5.74. The average Bonchev–Trinajstić information content (AvgIpc) is 2.41. The molecule has 5 heteroatoms. The highest BCUT2D eigenvalue weighted by atomic mass is 32.2. The molecule has 1 amide bonds. The van der Waals surface area contributed by atoms with E-state index < -0.39 is 0 Å². The summed E-state index contributed by atoms with van der Waals surface area (Å²) in [6.07, 6.45) is 1.28. The topological polar surface area (TPSA) is 40.5 Å². The summed E-state index contributed by atoms with van der Waals surface area (Å²) >= 11 is 1.52. The molecule has 0 spiro atoms. The number of aliphatic hydroxyl groups excluding tert-OH is 1. The molecule has 1 heterocycles. The minimum absolute atomic E-state index is 0.0749. The normalized spacial score (nSPS) is 19.5. The molecule has 0 saturated carbocycles. The van der Waals surface area contributed by atoms with E-state index in [-0.39, 0.29) is 17.8 Å². The predicted octanol–water partition coefficient (Wildman–Crippen LogP) is 2.04. The zero-order chi connectivity index (χ0) is 13.7. The second-order valence-electron chi connectivity index (χ2n) is 4.76. The van der Waals surface area contributed by atoms with Crippen molar-refractivity contribution in [3.63, 3.8) is 0 Å². The van der Waals surface area contributed by atoms with Crippen molar-refractivity contribution in [3.05, 3.63) is 35.6 Å². The minimum atomic E-state index is -0.375. The number of halogens is 1. The summed E-state index contributed by atoms with van der Waals surface area (Å²) in [7, 11) is 0. The molecular formula is C14H18FNO2S. The lowest BCUT2D eigenvalue weighted by atomic mass is 10.1. The maximum Gasteiger partial charge on any atom is 0.232 e. The van der Waals surface area contributed by atoms with Gasteiger partial charge in [-0.05, 0) is 30.5 Å². The standard InChI is InChI=1S/C14H18FNO2S/c15-12-5-3-11(4-6-12)9-19-10-14(18)16-7-1-2-13(17)8-16/h3-6,13,17H,1-2,7-10H2. The molecule has 1 aromatic rings. The highest BCUT2D eigenvalue weighted by Gasteiger charge is 2.21. The van der Waals surface area contributed by atoms with Gasteiger partial charge in [-0.25, -0.2) is 4.39 Å². The van der Waals surface area contributed by atoms with E-state index in [9.17, 15) is 14.3 Å². The fourth-order valence-electron chi connectivity index (χ4n) is 2.11. The number of hydrogen-bond acceptors (Lipinski definition) is 3. The van der Waals surface area contributed by atoms with Crippen LogP contribution < -0.4 is 0 Å². The molecule has 2 rings (SSSR count). The smallest absolute Gasteiger partial charge is 0.232 e. The van der Waals surface area contributed by atoms with Crippen LogP contribution in [0.1, 0.15) is 18.4 Å². The Balaban J connectivity index is 1.73. The number of carbonyl (C=O) groups is 1. The molecule has 104 valence electrons. The van der Waals surface area contributed by atoms with Gasteiger partial charge in [0.05, 0.1) is 11.9 Å². The number of likely N-dealkylation sites (tertiary alicyclic amines) is 1. The van der Waals surface area contributed by atoms with E-state index in [0.29, 0.717) is 18.1 Å². The van der Waals surface area contributed by atoms with E-state index in [4.69, 9.17) is 0 Å². The Labute approximate surface area is 116 Å². The lowest BCUT2D eigenvalue weighted by Crippen LogP contribution is -2.43. The van der Waals surface area contributed by atoms with Gasteiger partial charge in [-0.15, -0.1) is 11.8 Å². The number of carbonyl (C=O) groups excluding carboxylic acids is 1. The van der Waals surface area contributed by atoms with Crippen molar-refractivity contribution < 1.29 is 14.3 Å². The molecule has 1 unspecified atom stereocenters. The minimum Gasteiger partial charge on any atom is -0.391 e. The first-order chi connectivity index (χ1) is 9.15. The van der Waals surface area contributed by atoms with E-state index in [1.807, 2.05) is 0 Å². The zero-order valence-corrected chi connectivity index (χ0v) is 11.5. The van der Waals surface area contributed by atoms with Gasteiger partial charge in [-0.3, -0.25) is 4.79 Å². The number of rotatable bonds is 4. The lowest BCUT2D eigenvalue weighted by Gasteiger charge is -2.30. The van der Waals surface area contributed by atoms with Gasteiger partial charge in [-0.1, -0.05) is 12.1 Å². The molecule has 3 nitrogen and oxygen atoms in total. The Morgan fingerprint density at radius 2 is 2.16 bits per heavy atom. The molecule has 1 saturated heterocycles. The third-order valence-corrected chi connectivity index (χ3v) is 4.15. The molecule has 1 N–H and O–H groups in total. The number of β-amino-alcohol motifs (C(OH)–C–C–N with tert-alkyl or cyclic N) is 1. The summed E-state index contributed by atoms with van der Waals surface area (Å²) in [5, 5.41) is 9.52. The van der Waals surface area contributed by atoms with Crippen molar-refractivity contribution in [2.45, 2.75) is 24.7 Å². The van der Waals surface area contributed by atoms with Crippen LogP contribution in [-0.2, 0) is 10.5 Å². The molecule has 1 aliphatic heterocycles. The Morgan fingerprint density at radius 3 is 2.84 bits per heavy atom. The van der Waals surface area contributed by atoms with Gasteiger partial charge >= 0.3 is 0 Å². The highest BCUT2D eigenvalue weighted by molar-refractivity contribution is 7.99. The number of benzene rings is 1. The first-order valence-corrected chi connectivity index (χ1v) is 7.58. The molecule has 0 bridgehead atoms. The monoisotopic (exact) mass is 283 g/mol. The van der Waals surface area contributed by atoms with Crippen molar-refractivity contribution >= 4 is 17.7 Å². The van der Waals surface area contributed by atoms with Gasteiger partial charge in [0.15, 0.2) is 0 Å². The van der Waals surface area contributed by atoms with E-state index in [1.165, 1.54) is 23.9 Å². The Hall–Kier alpha value is -1.07. The number of nitrogens with zero attached hydrogens (tertiary/aromatic N) is 1. The van der Waals surface area contributed by atoms with Gasteiger partial charge in [0, 0.05) is 18.8 Å². The maximum absolute atomic E-state index is 12.7. The number of amides is 1. The van der Waals surface area contributed by atoms with Crippen LogP contribution in [0.4, 0.5) is 4.39 Å². The molecule has 1 aliphatic rings. The molecule has 1 fully saturated rings. The average molecular weight is 283 g/mol. The molecule has 1 atom stereocenters. The van der Waals surface area contributed by atoms with E-state index in [2.05, 4.69) is 0 Å². The summed E-state index contributed by atoms with van der Waals surface area (Å²) in [5.74, 6) is 0.935. The van der Waals surface area contributed by atoms with E-state index >= 15 is 0 Å². The van der Waals surface area contributed by atoms with Crippen LogP contribution in [0.5, 0.6) is 0 Å². The zero-order valence-electron chi connectivity index (χ0n) is 10.7. The van der Waals surface area contributed by atoms with Gasteiger partial charge in [0.1, 0.15) is 5.82 Å². The number of piperidine rings is 1. The van der Waals surface area contributed by atoms with E-state index in [0.717, 1.165) is 24.9 Å². The van der Waals surface area contributed by atoms with Crippen molar-refractivity contribution in [1.29, 1.82) is 0 Å². The predicted molar refractivity (Wildman–Crippen MR) is 74.4 cm³/mol. The Kier molecular flexibility index (Phi) is 5.22. The van der Waals surface area contributed by atoms with Crippen LogP contribution in [0.25, 0.3) is 0 Å². The van der Waals surface area contributed by atoms with Gasteiger partial charge in [-0.2, -0.15) is 0 Å². The van der Waals surface area contributed by atoms with Crippen molar-refractivity contribution in [2.75, 3.05) is 18.8 Å². The van der Waals surface area contributed by atoms with Crippen molar-refractivity contribution in [2.24, 2.45) is 0 Å². The van der Waals surface area contributed by atoms with Crippen LogP contribution in [-0.4, -0.2) is 40.9 Å². The molecule has 0 aliphatic carbocycles. The molecule has 0 radical (unpaired) electrons. The number of thioether (sulfide) groups is 1. The van der Waals surface area contributed by atoms with Crippen LogP contribution >= 0.6 is 11.8 Å². The number of hydrogen-bond donors (Lipinski definition) is 1. The molecular weight excluding hydrogens is 265 g/mol. The molecule has 19 heavy (non-hydrogen) atoms. The SMILES string of the molecule is O=C(CSCc1ccc(F)cc1)N1CCCC(O)C1. The Morgan fingerprint density at radius 1 is 1.42 bits per heavy atom. The maximum atomic E-state index is 12.7. The van der Waals surface area contributed by atoms with Crippen LogP contribution in [0.15, 0.2) is 24.3 Å². The van der Waals surface area contributed by atoms with Gasteiger partial charge < -0.3 is 10.0 Å². The summed E-state index contributed by atoms with van der Waals surface area (Å²) < 4.78 is 12.7. The summed E-state index contributed by atoms with van der Waals surface area (Å²) in [4.78, 5) is 13.6. The highest BCUT2D eigenvalue weighted by Crippen LogP contribution is 2.15. The fourth-order valence-corrected chi connectivity index (χ4v) is 3.00.